The molecule has 0 bridgehead atoms. The molecule has 2 aromatic rings. The minimum Gasteiger partial charge on any atom is -0.488 e. The van der Waals surface area contributed by atoms with Crippen molar-refractivity contribution >= 4 is 17.5 Å². The number of nitrogens with two attached hydrogens (primary N) is 1. The monoisotopic (exact) mass is 476 g/mol. The molecule has 2 aromatic heterocycles. The molecule has 3 saturated carbocycles. The first kappa shape index (κ1) is 21.8. The zero-order chi connectivity index (χ0) is 24.0. The lowest BCUT2D eigenvalue weighted by Gasteiger charge is -2.32. The van der Waals surface area contributed by atoms with Gasteiger partial charge < -0.3 is 25.4 Å². The smallest absolute Gasteiger partial charge is 0.319 e. The summed E-state index contributed by atoms with van der Waals surface area (Å²) < 4.78 is 11.7. The number of amides is 1. The highest BCUT2D eigenvalue weighted by atomic mass is 16.5. The van der Waals surface area contributed by atoms with Crippen LogP contribution in [0.4, 0.5) is 11.6 Å². The van der Waals surface area contributed by atoms with Gasteiger partial charge in [-0.25, -0.2) is 9.97 Å². The van der Waals surface area contributed by atoms with E-state index in [4.69, 9.17) is 20.5 Å². The fourth-order valence-electron chi connectivity index (χ4n) is 4.70. The fourth-order valence-corrected chi connectivity index (χ4v) is 4.70. The molecule has 0 aromatic carbocycles. The van der Waals surface area contributed by atoms with Crippen LogP contribution in [0.15, 0.2) is 18.6 Å². The Labute approximate surface area is 203 Å². The average molecular weight is 477 g/mol. The lowest BCUT2D eigenvalue weighted by atomic mass is 9.98. The van der Waals surface area contributed by atoms with E-state index < -0.39 is 0 Å². The summed E-state index contributed by atoms with van der Waals surface area (Å²) in [5, 5.41) is 12.2. The van der Waals surface area contributed by atoms with E-state index in [1.807, 2.05) is 0 Å². The van der Waals surface area contributed by atoms with Gasteiger partial charge in [0.05, 0.1) is 31.4 Å². The van der Waals surface area contributed by atoms with Crippen LogP contribution in [-0.2, 0) is 0 Å². The van der Waals surface area contributed by atoms with E-state index in [2.05, 4.69) is 36.2 Å². The van der Waals surface area contributed by atoms with Gasteiger partial charge in [0.25, 0.3) is 5.91 Å². The van der Waals surface area contributed by atoms with Crippen molar-refractivity contribution in [1.29, 1.82) is 5.26 Å². The Balaban J connectivity index is 1.10. The normalized spacial score (nSPS) is 28.4. The van der Waals surface area contributed by atoms with Crippen molar-refractivity contribution in [3.63, 3.8) is 0 Å². The quantitative estimate of drug-likeness (QED) is 0.545. The Morgan fingerprint density at radius 2 is 2.06 bits per heavy atom. The fraction of sp³-hybridized carbons (Fsp3) is 0.583. The summed E-state index contributed by atoms with van der Waals surface area (Å²) in [4.78, 5) is 32.0. The standard InChI is InChI=1S/C24H28N8O3/c25-9-15-5-16(15)12-35-23-29-18(22(33)31-24-7-17(24)8-24)6-20(30-23)32-3-1-14(2-4-32)11-34-19-10-27-13-28-21(19)26/h6,10,13-17H,1-5,7-8,11-12H2,(H,31,33)(H2,26,27,28). The number of piperidine rings is 1. The lowest BCUT2D eigenvalue weighted by molar-refractivity contribution is 0.0935. The maximum atomic E-state index is 12.9. The lowest BCUT2D eigenvalue weighted by Crippen LogP contribution is -2.37. The van der Waals surface area contributed by atoms with Gasteiger partial charge in [-0.05, 0) is 43.9 Å². The molecule has 3 aliphatic carbocycles. The number of nitrogens with zero attached hydrogens (tertiary/aromatic N) is 6. The van der Waals surface area contributed by atoms with E-state index in [0.29, 0.717) is 48.1 Å². The van der Waals surface area contributed by atoms with Crippen molar-refractivity contribution in [2.24, 2.45) is 23.7 Å². The molecule has 2 unspecified atom stereocenters. The van der Waals surface area contributed by atoms with Crippen molar-refractivity contribution in [3.05, 3.63) is 24.3 Å². The van der Waals surface area contributed by atoms with Crippen LogP contribution in [0.25, 0.3) is 0 Å². The topological polar surface area (TPSA) is 152 Å². The molecule has 2 atom stereocenters. The third-order valence-corrected chi connectivity index (χ3v) is 7.61. The van der Waals surface area contributed by atoms with Crippen LogP contribution in [0.2, 0.25) is 0 Å². The van der Waals surface area contributed by atoms with Gasteiger partial charge in [-0.1, -0.05) is 0 Å². The van der Waals surface area contributed by atoms with Crippen molar-refractivity contribution in [2.75, 3.05) is 36.9 Å². The van der Waals surface area contributed by atoms with Crippen molar-refractivity contribution < 1.29 is 14.3 Å². The molecule has 4 aliphatic rings. The Morgan fingerprint density at radius 3 is 2.74 bits per heavy atom. The Morgan fingerprint density at radius 1 is 1.26 bits per heavy atom. The molecular formula is C24H28N8O3. The van der Waals surface area contributed by atoms with Gasteiger partial charge in [0.15, 0.2) is 11.6 Å². The van der Waals surface area contributed by atoms with E-state index >= 15 is 0 Å². The first-order chi connectivity index (χ1) is 17.0. The molecule has 3 N–H and O–H groups in total. The van der Waals surface area contributed by atoms with Gasteiger partial charge in [-0.15, -0.1) is 0 Å². The molecule has 6 rings (SSSR count). The summed E-state index contributed by atoms with van der Waals surface area (Å²) in [5.41, 5.74) is 6.18. The molecule has 4 fully saturated rings. The number of ether oxygens (including phenoxy) is 2. The maximum absolute atomic E-state index is 12.9. The van der Waals surface area contributed by atoms with Crippen LogP contribution >= 0.6 is 0 Å². The highest BCUT2D eigenvalue weighted by Crippen LogP contribution is 2.66. The number of aromatic nitrogens is 4. The highest BCUT2D eigenvalue weighted by molar-refractivity contribution is 5.94. The molecule has 182 valence electrons. The number of anilines is 2. The van der Waals surface area contributed by atoms with E-state index in [9.17, 15) is 4.79 Å². The van der Waals surface area contributed by atoms with Gasteiger partial charge in [0.1, 0.15) is 17.8 Å². The van der Waals surface area contributed by atoms with Crippen LogP contribution < -0.4 is 25.4 Å². The number of nitriles is 1. The Kier molecular flexibility index (Phi) is 5.31. The third-order valence-electron chi connectivity index (χ3n) is 7.61. The van der Waals surface area contributed by atoms with Gasteiger partial charge in [0.2, 0.25) is 0 Å². The molecule has 1 saturated heterocycles. The first-order valence-corrected chi connectivity index (χ1v) is 12.2. The SMILES string of the molecule is N#CC1CC1COc1nc(C(=O)NC23CC2C3)cc(N2CCC(COc3cncnc3N)CC2)n1. The maximum Gasteiger partial charge on any atom is 0.319 e. The predicted octanol–water partition coefficient (Wildman–Crippen LogP) is 1.57. The van der Waals surface area contributed by atoms with E-state index in [1.165, 1.54) is 6.33 Å². The molecule has 0 radical (unpaired) electrons. The average Bonchev–Trinajstić information content (AvgIpc) is 3.79. The zero-order valence-corrected chi connectivity index (χ0v) is 19.4. The second-order valence-electron chi connectivity index (χ2n) is 10.2. The Hall–Kier alpha value is -3.68. The predicted molar refractivity (Wildman–Crippen MR) is 125 cm³/mol. The summed E-state index contributed by atoms with van der Waals surface area (Å²) in [6.45, 7) is 2.48. The minimum atomic E-state index is -0.175. The van der Waals surface area contributed by atoms with Crippen LogP contribution in [0, 0.1) is 35.0 Å². The van der Waals surface area contributed by atoms with E-state index in [0.717, 1.165) is 45.2 Å². The summed E-state index contributed by atoms with van der Waals surface area (Å²) in [6.07, 6.45) is 7.76. The minimum absolute atomic E-state index is 0.0166. The van der Waals surface area contributed by atoms with Crippen molar-refractivity contribution in [3.8, 4) is 17.8 Å². The van der Waals surface area contributed by atoms with Crippen LogP contribution in [0.1, 0.15) is 42.6 Å². The largest absolute Gasteiger partial charge is 0.488 e. The van der Waals surface area contributed by atoms with Crippen molar-refractivity contribution in [2.45, 2.75) is 37.6 Å². The molecule has 1 amide bonds. The highest BCUT2D eigenvalue weighted by Gasteiger charge is 2.70. The van der Waals surface area contributed by atoms with Gasteiger partial charge in [-0.2, -0.15) is 15.2 Å². The van der Waals surface area contributed by atoms with E-state index in [-0.39, 0.29) is 29.3 Å². The number of nitrogen functional groups attached to an aromatic ring is 1. The molecule has 1 aliphatic heterocycles. The second-order valence-corrected chi connectivity index (χ2v) is 10.2. The summed E-state index contributed by atoms with van der Waals surface area (Å²) in [6, 6.07) is 4.22. The van der Waals surface area contributed by atoms with Gasteiger partial charge in [0, 0.05) is 30.6 Å². The van der Waals surface area contributed by atoms with Crippen LogP contribution in [-0.4, -0.2) is 57.7 Å². The van der Waals surface area contributed by atoms with Gasteiger partial charge >= 0.3 is 6.01 Å². The number of carbonyl (C=O) groups excluding carboxylic acids is 1. The van der Waals surface area contributed by atoms with Gasteiger partial charge in [-0.3, -0.25) is 4.79 Å². The molecule has 35 heavy (non-hydrogen) atoms. The second kappa shape index (κ2) is 8.52. The number of fused-ring (bicyclic) bond motifs is 1. The van der Waals surface area contributed by atoms with Crippen LogP contribution in [0.3, 0.4) is 0 Å². The summed E-state index contributed by atoms with van der Waals surface area (Å²) in [5.74, 6) is 2.62. The first-order valence-electron chi connectivity index (χ1n) is 12.2. The van der Waals surface area contributed by atoms with Crippen LogP contribution in [0.5, 0.6) is 11.8 Å². The number of nitrogens with one attached hydrogen (secondary N) is 1. The molecule has 11 nitrogen and oxygen atoms in total. The number of hydrogen-bond acceptors (Lipinski definition) is 10. The Bertz CT molecular complexity index is 1170. The molecular weight excluding hydrogens is 448 g/mol. The third kappa shape index (κ3) is 4.65. The van der Waals surface area contributed by atoms with E-state index in [1.54, 1.807) is 12.3 Å². The number of hydrogen-bond donors (Lipinski definition) is 2. The number of carbonyl (C=O) groups is 1. The van der Waals surface area contributed by atoms with Crippen molar-refractivity contribution in [1.82, 2.24) is 25.3 Å². The molecule has 11 heteroatoms. The molecule has 0 spiro atoms. The zero-order valence-electron chi connectivity index (χ0n) is 19.4. The summed E-state index contributed by atoms with van der Waals surface area (Å²) >= 11 is 0. The molecule has 3 heterocycles. The number of rotatable bonds is 9. The summed E-state index contributed by atoms with van der Waals surface area (Å²) in [7, 11) is 0.